The summed E-state index contributed by atoms with van der Waals surface area (Å²) in [5.74, 6) is 1.04. The van der Waals surface area contributed by atoms with Crippen LogP contribution in [0.2, 0.25) is 0 Å². The first-order valence-electron chi connectivity index (χ1n) is 12.6. The lowest BCUT2D eigenvalue weighted by Crippen LogP contribution is -2.47. The quantitative estimate of drug-likeness (QED) is 0.485. The molecule has 4 saturated carbocycles. The lowest BCUT2D eigenvalue weighted by molar-refractivity contribution is 0.0504. The van der Waals surface area contributed by atoms with Gasteiger partial charge in [-0.3, -0.25) is 4.68 Å². The normalized spacial score (nSPS) is 26.4. The van der Waals surface area contributed by atoms with E-state index in [4.69, 9.17) is 4.98 Å². The lowest BCUT2D eigenvalue weighted by atomic mass is 9.52. The van der Waals surface area contributed by atoms with Crippen molar-refractivity contribution in [2.75, 3.05) is 30.9 Å². The fraction of sp³-hybridized carbons (Fsp3) is 0.500. The number of hydrogen-bond donors (Lipinski definition) is 1. The summed E-state index contributed by atoms with van der Waals surface area (Å²) in [5, 5.41) is 8.38. The van der Waals surface area contributed by atoms with E-state index in [0.29, 0.717) is 16.9 Å². The summed E-state index contributed by atoms with van der Waals surface area (Å²) in [6.45, 7) is 1.08. The van der Waals surface area contributed by atoms with Gasteiger partial charge in [0.15, 0.2) is 0 Å². The molecule has 0 unspecified atom stereocenters. The maximum absolute atomic E-state index is 4.71. The van der Waals surface area contributed by atoms with Crippen LogP contribution in [-0.4, -0.2) is 35.4 Å². The van der Waals surface area contributed by atoms with E-state index in [1.807, 2.05) is 6.20 Å². The van der Waals surface area contributed by atoms with Gasteiger partial charge in [0.25, 0.3) is 0 Å². The first-order chi connectivity index (χ1) is 16.0. The average Bonchev–Trinajstić information content (AvgIpc) is 3.60. The molecule has 0 radical (unpaired) electrons. The molecule has 2 aromatic heterocycles. The lowest BCUT2D eigenvalue weighted by Gasteiger charge is -2.54. The van der Waals surface area contributed by atoms with Crippen molar-refractivity contribution in [1.29, 1.82) is 0 Å². The summed E-state index contributed by atoms with van der Waals surface area (Å²) in [5.41, 5.74) is 5.94. The second-order valence-electron chi connectivity index (χ2n) is 11.0. The van der Waals surface area contributed by atoms with Crippen molar-refractivity contribution in [2.24, 2.45) is 5.41 Å². The van der Waals surface area contributed by atoms with Crippen LogP contribution >= 0.6 is 0 Å². The Kier molecular flexibility index (Phi) is 4.97. The highest BCUT2D eigenvalue weighted by Crippen LogP contribution is 2.57. The highest BCUT2D eigenvalue weighted by Gasteiger charge is 2.49. The molecular weight excluding hydrogens is 406 g/mol. The summed E-state index contributed by atoms with van der Waals surface area (Å²) in [7, 11) is 4.11. The number of nitrogens with one attached hydrogen (secondary N) is 1. The van der Waals surface area contributed by atoms with Crippen LogP contribution in [0.3, 0.4) is 0 Å². The number of benzene rings is 1. The maximum atomic E-state index is 4.71. The largest absolute Gasteiger partial charge is 0.384 e. The van der Waals surface area contributed by atoms with E-state index < -0.39 is 0 Å². The van der Waals surface area contributed by atoms with Gasteiger partial charge in [0.1, 0.15) is 5.82 Å². The third kappa shape index (κ3) is 3.92. The van der Waals surface area contributed by atoms with Crippen LogP contribution in [0.15, 0.2) is 55.0 Å². The molecule has 2 heterocycles. The molecule has 2 bridgehead atoms. The van der Waals surface area contributed by atoms with E-state index in [2.05, 4.69) is 82.9 Å². The molecule has 33 heavy (non-hydrogen) atoms. The Morgan fingerprint density at radius 3 is 2.42 bits per heavy atom. The monoisotopic (exact) mass is 441 g/mol. The Morgan fingerprint density at radius 1 is 0.970 bits per heavy atom. The van der Waals surface area contributed by atoms with Crippen molar-refractivity contribution in [3.8, 4) is 11.1 Å². The summed E-state index contributed by atoms with van der Waals surface area (Å²) >= 11 is 0. The van der Waals surface area contributed by atoms with Crippen LogP contribution in [0.5, 0.6) is 0 Å². The van der Waals surface area contributed by atoms with Gasteiger partial charge in [-0.15, -0.1) is 0 Å². The van der Waals surface area contributed by atoms with Crippen molar-refractivity contribution >= 4 is 11.5 Å². The highest BCUT2D eigenvalue weighted by atomic mass is 15.3. The second kappa shape index (κ2) is 7.89. The predicted molar refractivity (Wildman–Crippen MR) is 135 cm³/mol. The number of nitrogens with zero attached hydrogens (tertiary/aromatic N) is 4. The highest BCUT2D eigenvalue weighted by molar-refractivity contribution is 5.67. The minimum Gasteiger partial charge on any atom is -0.384 e. The van der Waals surface area contributed by atoms with Crippen molar-refractivity contribution < 1.29 is 0 Å². The summed E-state index contributed by atoms with van der Waals surface area (Å²) < 4.78 is 2.13. The van der Waals surface area contributed by atoms with Gasteiger partial charge in [-0.05, 0) is 91.5 Å². The average molecular weight is 442 g/mol. The molecule has 5 nitrogen and oxygen atoms in total. The first-order valence-corrected chi connectivity index (χ1v) is 12.6. The molecule has 0 atom stereocenters. The fourth-order valence-electron chi connectivity index (χ4n) is 6.05. The summed E-state index contributed by atoms with van der Waals surface area (Å²) in [6.07, 6.45) is 16.7. The molecule has 1 aromatic carbocycles. The molecule has 0 saturated heterocycles. The predicted octanol–water partition coefficient (Wildman–Crippen LogP) is 6.05. The molecule has 5 heteroatoms. The van der Waals surface area contributed by atoms with Crippen LogP contribution < -0.4 is 10.2 Å². The number of hydrogen-bond acceptors (Lipinski definition) is 4. The number of fused-ring (bicyclic) bond motifs is 3. The van der Waals surface area contributed by atoms with Gasteiger partial charge < -0.3 is 10.2 Å². The number of pyridine rings is 1. The van der Waals surface area contributed by atoms with Crippen LogP contribution in [0.4, 0.5) is 11.5 Å². The smallest absolute Gasteiger partial charge is 0.127 e. The summed E-state index contributed by atoms with van der Waals surface area (Å²) in [4.78, 5) is 6.79. The first kappa shape index (κ1) is 20.8. The zero-order chi connectivity index (χ0) is 22.5. The van der Waals surface area contributed by atoms with E-state index in [-0.39, 0.29) is 0 Å². The van der Waals surface area contributed by atoms with Crippen LogP contribution in [0, 0.1) is 5.41 Å². The Labute approximate surface area is 197 Å². The van der Waals surface area contributed by atoms with E-state index in [9.17, 15) is 0 Å². The molecule has 172 valence electrons. The molecule has 4 fully saturated rings. The van der Waals surface area contributed by atoms with Gasteiger partial charge in [-0.25, -0.2) is 4.98 Å². The molecular formula is C28H35N5. The van der Waals surface area contributed by atoms with Crippen molar-refractivity contribution in [3.05, 3.63) is 60.6 Å². The molecule has 3 aromatic rings. The number of rotatable bonds is 7. The van der Waals surface area contributed by atoms with Gasteiger partial charge in [0.05, 0.1) is 12.2 Å². The molecule has 0 aliphatic heterocycles. The molecule has 1 N–H and O–H groups in total. The second-order valence-corrected chi connectivity index (χ2v) is 11.0. The Balaban J connectivity index is 1.10. The molecule has 4 aliphatic rings. The zero-order valence-electron chi connectivity index (χ0n) is 19.9. The SMILES string of the molecule is CN(C)c1ccc(C23CCC(CNc4cccc(-c5cnn(C6CC6)c5)c4)(CC2)CC3)cn1. The Morgan fingerprint density at radius 2 is 1.76 bits per heavy atom. The van der Waals surface area contributed by atoms with Gasteiger partial charge in [0, 0.05) is 44.3 Å². The van der Waals surface area contributed by atoms with Gasteiger partial charge in [-0.2, -0.15) is 5.10 Å². The van der Waals surface area contributed by atoms with Gasteiger partial charge in [-0.1, -0.05) is 18.2 Å². The maximum Gasteiger partial charge on any atom is 0.127 e. The van der Waals surface area contributed by atoms with Gasteiger partial charge >= 0.3 is 0 Å². The number of anilines is 2. The van der Waals surface area contributed by atoms with E-state index >= 15 is 0 Å². The van der Waals surface area contributed by atoms with E-state index in [0.717, 1.165) is 12.4 Å². The minimum absolute atomic E-state index is 0.348. The Bertz CT molecular complexity index is 1100. The number of aromatic nitrogens is 3. The van der Waals surface area contributed by atoms with Crippen molar-refractivity contribution in [2.45, 2.75) is 62.8 Å². The van der Waals surface area contributed by atoms with Crippen molar-refractivity contribution in [3.63, 3.8) is 0 Å². The van der Waals surface area contributed by atoms with Crippen molar-refractivity contribution in [1.82, 2.24) is 14.8 Å². The molecule has 0 spiro atoms. The van der Waals surface area contributed by atoms with Gasteiger partial charge in [0.2, 0.25) is 0 Å². The van der Waals surface area contributed by atoms with Crippen LogP contribution in [-0.2, 0) is 5.41 Å². The van der Waals surface area contributed by atoms with E-state index in [1.54, 1.807) is 0 Å². The summed E-state index contributed by atoms with van der Waals surface area (Å²) in [6, 6.07) is 14.0. The molecule has 0 amide bonds. The molecule has 4 aliphatic carbocycles. The minimum atomic E-state index is 0.348. The topological polar surface area (TPSA) is 46.0 Å². The van der Waals surface area contributed by atoms with Crippen LogP contribution in [0.25, 0.3) is 11.1 Å². The fourth-order valence-corrected chi connectivity index (χ4v) is 6.05. The Hall–Kier alpha value is -2.82. The third-order valence-corrected chi connectivity index (χ3v) is 8.61. The zero-order valence-corrected chi connectivity index (χ0v) is 19.9. The standard InChI is InChI=1S/C28H35N5/c1-32(2)26-9-6-23(18-29-26)28-13-10-27(11-14-28,12-15-28)20-30-24-5-3-4-21(16-24)22-17-31-33(19-22)25-7-8-25/h3-6,9,16-19,25,30H,7-8,10-15,20H2,1-2H3. The van der Waals surface area contributed by atoms with Crippen LogP contribution in [0.1, 0.15) is 63.0 Å². The third-order valence-electron chi connectivity index (χ3n) is 8.61. The van der Waals surface area contributed by atoms with E-state index in [1.165, 1.54) is 73.7 Å². The molecule has 7 rings (SSSR count).